The molecule has 2 fully saturated rings. The van der Waals surface area contributed by atoms with E-state index >= 15 is 0 Å². The smallest absolute Gasteiger partial charge is 0.219 e. The Labute approximate surface area is 129 Å². The molecule has 0 spiro atoms. The Hall–Kier alpha value is -0.610. The monoisotopic (exact) mass is 296 g/mol. The minimum atomic E-state index is 0.243. The Bertz CT molecular complexity index is 285. The number of nitrogens with one attached hydrogen (secondary N) is 1. The number of morpholine rings is 1. The Morgan fingerprint density at radius 1 is 1.10 bits per heavy atom. The number of rotatable bonds is 8. The molecule has 0 bridgehead atoms. The van der Waals surface area contributed by atoms with Gasteiger partial charge in [0.15, 0.2) is 0 Å². The van der Waals surface area contributed by atoms with Crippen LogP contribution in [0.3, 0.4) is 0 Å². The third-order valence-electron chi connectivity index (χ3n) is 4.82. The highest BCUT2D eigenvalue weighted by Gasteiger charge is 2.13. The van der Waals surface area contributed by atoms with Gasteiger partial charge in [0.25, 0.3) is 0 Å². The lowest BCUT2D eigenvalue weighted by atomic mass is 9.86. The van der Waals surface area contributed by atoms with Gasteiger partial charge in [-0.05, 0) is 31.7 Å². The molecule has 4 nitrogen and oxygen atoms in total. The minimum Gasteiger partial charge on any atom is -0.379 e. The molecule has 1 saturated heterocycles. The fraction of sp³-hybridized carbons (Fsp3) is 0.941. The number of hydrogen-bond acceptors (Lipinski definition) is 3. The highest BCUT2D eigenvalue weighted by molar-refractivity contribution is 5.75. The van der Waals surface area contributed by atoms with Crippen LogP contribution < -0.4 is 5.32 Å². The minimum absolute atomic E-state index is 0.243. The maximum absolute atomic E-state index is 11.8. The standard InChI is InChI=1S/C17H32N2O2/c20-17(9-4-8-16-6-2-1-3-7-16)18-10-5-11-19-12-14-21-15-13-19/h16H,1-15H2,(H,18,20). The summed E-state index contributed by atoms with van der Waals surface area (Å²) in [6.07, 6.45) is 11.1. The van der Waals surface area contributed by atoms with Crippen molar-refractivity contribution in [1.82, 2.24) is 10.2 Å². The number of carbonyl (C=O) groups excluding carboxylic acids is 1. The molecular formula is C17H32N2O2. The van der Waals surface area contributed by atoms with E-state index in [0.29, 0.717) is 6.42 Å². The maximum atomic E-state index is 11.8. The van der Waals surface area contributed by atoms with Gasteiger partial charge in [0.05, 0.1) is 13.2 Å². The largest absolute Gasteiger partial charge is 0.379 e. The van der Waals surface area contributed by atoms with Crippen LogP contribution in [0.15, 0.2) is 0 Å². The maximum Gasteiger partial charge on any atom is 0.219 e. The van der Waals surface area contributed by atoms with E-state index in [2.05, 4.69) is 10.2 Å². The van der Waals surface area contributed by atoms with Crippen molar-refractivity contribution in [2.24, 2.45) is 5.92 Å². The molecule has 2 aliphatic rings. The molecule has 2 rings (SSSR count). The predicted octanol–water partition coefficient (Wildman–Crippen LogP) is 2.58. The van der Waals surface area contributed by atoms with Gasteiger partial charge in [-0.1, -0.05) is 32.1 Å². The van der Waals surface area contributed by atoms with Crippen LogP contribution in [0.4, 0.5) is 0 Å². The van der Waals surface area contributed by atoms with E-state index in [0.717, 1.165) is 58.2 Å². The van der Waals surface area contributed by atoms with Gasteiger partial charge in [0, 0.05) is 26.1 Å². The molecule has 0 radical (unpaired) electrons. The van der Waals surface area contributed by atoms with Crippen LogP contribution in [0.25, 0.3) is 0 Å². The summed E-state index contributed by atoms with van der Waals surface area (Å²) in [7, 11) is 0. The molecule has 4 heteroatoms. The van der Waals surface area contributed by atoms with Crippen molar-refractivity contribution in [3.05, 3.63) is 0 Å². The average molecular weight is 296 g/mol. The summed E-state index contributed by atoms with van der Waals surface area (Å²) < 4.78 is 5.33. The van der Waals surface area contributed by atoms with Gasteiger partial charge in [-0.15, -0.1) is 0 Å². The van der Waals surface area contributed by atoms with Crippen LogP contribution in [-0.4, -0.2) is 50.2 Å². The first-order valence-electron chi connectivity index (χ1n) is 8.91. The van der Waals surface area contributed by atoms with Gasteiger partial charge >= 0.3 is 0 Å². The molecule has 0 atom stereocenters. The number of ether oxygens (including phenoxy) is 1. The Morgan fingerprint density at radius 2 is 1.86 bits per heavy atom. The molecule has 21 heavy (non-hydrogen) atoms. The summed E-state index contributed by atoms with van der Waals surface area (Å²) in [6.45, 7) is 5.68. The van der Waals surface area contributed by atoms with Gasteiger partial charge in [-0.3, -0.25) is 9.69 Å². The van der Waals surface area contributed by atoms with Crippen molar-refractivity contribution < 1.29 is 9.53 Å². The Kier molecular flexibility index (Phi) is 8.12. The first-order valence-corrected chi connectivity index (χ1v) is 8.91. The third-order valence-corrected chi connectivity index (χ3v) is 4.82. The Balaban J connectivity index is 1.42. The van der Waals surface area contributed by atoms with Crippen LogP contribution in [-0.2, 0) is 9.53 Å². The normalized spacial score (nSPS) is 21.3. The van der Waals surface area contributed by atoms with Crippen molar-refractivity contribution in [3.8, 4) is 0 Å². The second-order valence-corrected chi connectivity index (χ2v) is 6.55. The van der Waals surface area contributed by atoms with Crippen LogP contribution in [0.2, 0.25) is 0 Å². The first kappa shape index (κ1) is 16.8. The highest BCUT2D eigenvalue weighted by Crippen LogP contribution is 2.27. The summed E-state index contributed by atoms with van der Waals surface area (Å²) in [6, 6.07) is 0. The molecule has 0 unspecified atom stereocenters. The second-order valence-electron chi connectivity index (χ2n) is 6.55. The predicted molar refractivity (Wildman–Crippen MR) is 85.3 cm³/mol. The summed E-state index contributed by atoms with van der Waals surface area (Å²) in [5.41, 5.74) is 0. The van der Waals surface area contributed by atoms with E-state index in [4.69, 9.17) is 4.74 Å². The third kappa shape index (κ3) is 7.28. The lowest BCUT2D eigenvalue weighted by molar-refractivity contribution is -0.121. The molecule has 1 heterocycles. The second kappa shape index (κ2) is 10.2. The SMILES string of the molecule is O=C(CCCC1CCCCC1)NCCCN1CCOCC1. The van der Waals surface area contributed by atoms with E-state index in [-0.39, 0.29) is 5.91 Å². The van der Waals surface area contributed by atoms with Crippen molar-refractivity contribution >= 4 is 5.91 Å². The molecule has 0 aromatic rings. The summed E-state index contributed by atoms with van der Waals surface area (Å²) in [5.74, 6) is 1.14. The zero-order chi connectivity index (χ0) is 14.8. The molecule has 122 valence electrons. The molecule has 1 N–H and O–H groups in total. The van der Waals surface area contributed by atoms with E-state index in [1.807, 2.05) is 0 Å². The first-order chi connectivity index (χ1) is 10.3. The van der Waals surface area contributed by atoms with Gasteiger partial charge in [-0.25, -0.2) is 0 Å². The average Bonchev–Trinajstić information content (AvgIpc) is 2.54. The van der Waals surface area contributed by atoms with Crippen LogP contribution in [0, 0.1) is 5.92 Å². The summed E-state index contributed by atoms with van der Waals surface area (Å²) >= 11 is 0. The van der Waals surface area contributed by atoms with E-state index in [1.54, 1.807) is 0 Å². The molecule has 1 saturated carbocycles. The fourth-order valence-corrected chi connectivity index (χ4v) is 3.47. The topological polar surface area (TPSA) is 41.6 Å². The molecule has 1 aliphatic heterocycles. The zero-order valence-corrected chi connectivity index (χ0v) is 13.4. The lowest BCUT2D eigenvalue weighted by Gasteiger charge is -2.26. The van der Waals surface area contributed by atoms with E-state index in [9.17, 15) is 4.79 Å². The van der Waals surface area contributed by atoms with E-state index in [1.165, 1.54) is 38.5 Å². The van der Waals surface area contributed by atoms with Crippen molar-refractivity contribution in [1.29, 1.82) is 0 Å². The zero-order valence-electron chi connectivity index (χ0n) is 13.4. The number of hydrogen-bond donors (Lipinski definition) is 1. The molecule has 0 aromatic carbocycles. The highest BCUT2D eigenvalue weighted by atomic mass is 16.5. The van der Waals surface area contributed by atoms with Gasteiger partial charge in [0.1, 0.15) is 0 Å². The van der Waals surface area contributed by atoms with Gasteiger partial charge in [0.2, 0.25) is 5.91 Å². The summed E-state index contributed by atoms with van der Waals surface area (Å²) in [5, 5.41) is 3.06. The van der Waals surface area contributed by atoms with Crippen molar-refractivity contribution in [3.63, 3.8) is 0 Å². The van der Waals surface area contributed by atoms with Crippen LogP contribution in [0.1, 0.15) is 57.8 Å². The van der Waals surface area contributed by atoms with Crippen LogP contribution in [0.5, 0.6) is 0 Å². The molecule has 1 aliphatic carbocycles. The number of carbonyl (C=O) groups is 1. The molecule has 1 amide bonds. The van der Waals surface area contributed by atoms with Gasteiger partial charge in [-0.2, -0.15) is 0 Å². The quantitative estimate of drug-likeness (QED) is 0.700. The number of amides is 1. The fourth-order valence-electron chi connectivity index (χ4n) is 3.47. The lowest BCUT2D eigenvalue weighted by Crippen LogP contribution is -2.38. The van der Waals surface area contributed by atoms with Gasteiger partial charge < -0.3 is 10.1 Å². The van der Waals surface area contributed by atoms with Crippen LogP contribution >= 0.6 is 0 Å². The number of nitrogens with zero attached hydrogens (tertiary/aromatic N) is 1. The molecule has 0 aromatic heterocycles. The van der Waals surface area contributed by atoms with E-state index < -0.39 is 0 Å². The van der Waals surface area contributed by atoms with Crippen molar-refractivity contribution in [2.75, 3.05) is 39.4 Å². The van der Waals surface area contributed by atoms with Crippen molar-refractivity contribution in [2.45, 2.75) is 57.8 Å². The molecular weight excluding hydrogens is 264 g/mol. The Morgan fingerprint density at radius 3 is 2.62 bits per heavy atom. The summed E-state index contributed by atoms with van der Waals surface area (Å²) in [4.78, 5) is 14.2.